The zero-order valence-corrected chi connectivity index (χ0v) is 14.0. The Morgan fingerprint density at radius 2 is 1.54 bits per heavy atom. The molecular formula is C19H17F3N2O2. The zero-order valence-electron chi connectivity index (χ0n) is 14.0. The van der Waals surface area contributed by atoms with E-state index in [1.54, 1.807) is 30.1 Å². The maximum Gasteiger partial charge on any atom is 0.416 e. The first-order valence-corrected chi connectivity index (χ1v) is 7.92. The maximum atomic E-state index is 12.6. The first-order chi connectivity index (χ1) is 12.5. The van der Waals surface area contributed by atoms with Crippen LogP contribution in [0.25, 0.3) is 11.1 Å². The average molecular weight is 362 g/mol. The van der Waals surface area contributed by atoms with Gasteiger partial charge < -0.3 is 9.47 Å². The minimum absolute atomic E-state index is 0.345. The smallest absolute Gasteiger partial charge is 0.416 e. The standard InChI is InChI=1S/C19H17F3N2O2/c1-25-11-10-24-13-15(12-23-24)14-2-6-17(7-3-14)26-18-8-4-16(5-9-18)19(20,21)22/h2-9,12-13H,10-11H2,1H3. The number of benzene rings is 2. The summed E-state index contributed by atoms with van der Waals surface area (Å²) in [5.41, 5.74) is 1.22. The van der Waals surface area contributed by atoms with Crippen LogP contribution in [-0.2, 0) is 17.5 Å². The topological polar surface area (TPSA) is 36.3 Å². The molecule has 0 amide bonds. The van der Waals surface area contributed by atoms with Crippen molar-refractivity contribution in [2.75, 3.05) is 13.7 Å². The van der Waals surface area contributed by atoms with Crippen molar-refractivity contribution in [3.05, 3.63) is 66.5 Å². The molecule has 0 aliphatic heterocycles. The number of alkyl halides is 3. The first kappa shape index (κ1) is 18.0. The highest BCUT2D eigenvalue weighted by atomic mass is 19.4. The Morgan fingerprint density at radius 1 is 0.923 bits per heavy atom. The van der Waals surface area contributed by atoms with Crippen LogP contribution in [0.15, 0.2) is 60.9 Å². The monoisotopic (exact) mass is 362 g/mol. The molecule has 0 bridgehead atoms. The number of halogens is 3. The van der Waals surface area contributed by atoms with E-state index in [1.165, 1.54) is 12.1 Å². The van der Waals surface area contributed by atoms with E-state index in [2.05, 4.69) is 5.10 Å². The lowest BCUT2D eigenvalue weighted by atomic mass is 10.1. The van der Waals surface area contributed by atoms with Gasteiger partial charge in [-0.3, -0.25) is 4.68 Å². The summed E-state index contributed by atoms with van der Waals surface area (Å²) in [6, 6.07) is 11.9. The minimum atomic E-state index is -4.35. The summed E-state index contributed by atoms with van der Waals surface area (Å²) in [7, 11) is 1.64. The number of hydrogen-bond donors (Lipinski definition) is 0. The Morgan fingerprint density at radius 3 is 2.12 bits per heavy atom. The van der Waals surface area contributed by atoms with Crippen LogP contribution in [0.1, 0.15) is 5.56 Å². The normalized spacial score (nSPS) is 11.5. The molecule has 26 heavy (non-hydrogen) atoms. The molecule has 0 atom stereocenters. The summed E-state index contributed by atoms with van der Waals surface area (Å²) in [5, 5.41) is 4.26. The van der Waals surface area contributed by atoms with E-state index in [0.717, 1.165) is 23.3 Å². The molecule has 0 aliphatic carbocycles. The van der Waals surface area contributed by atoms with Crippen LogP contribution in [0.2, 0.25) is 0 Å². The molecule has 1 heterocycles. The molecule has 4 nitrogen and oxygen atoms in total. The van der Waals surface area contributed by atoms with Crippen LogP contribution < -0.4 is 4.74 Å². The molecule has 0 aliphatic rings. The summed E-state index contributed by atoms with van der Waals surface area (Å²) in [6.07, 6.45) is -0.667. The second-order valence-corrected chi connectivity index (χ2v) is 5.63. The highest BCUT2D eigenvalue weighted by Gasteiger charge is 2.30. The predicted octanol–water partition coefficient (Wildman–Crippen LogP) is 5.01. The first-order valence-electron chi connectivity index (χ1n) is 7.92. The van der Waals surface area contributed by atoms with Gasteiger partial charge in [-0.15, -0.1) is 0 Å². The Balaban J connectivity index is 1.67. The third-order valence-electron chi connectivity index (χ3n) is 3.76. The second-order valence-electron chi connectivity index (χ2n) is 5.63. The molecule has 7 heteroatoms. The van der Waals surface area contributed by atoms with Gasteiger partial charge in [0.25, 0.3) is 0 Å². The van der Waals surface area contributed by atoms with Crippen molar-refractivity contribution in [1.82, 2.24) is 9.78 Å². The number of hydrogen-bond acceptors (Lipinski definition) is 3. The van der Waals surface area contributed by atoms with Gasteiger partial charge in [-0.05, 0) is 42.0 Å². The summed E-state index contributed by atoms with van der Waals surface area (Å²) < 4.78 is 50.1. The fourth-order valence-electron chi connectivity index (χ4n) is 2.38. The molecule has 2 aromatic carbocycles. The summed E-state index contributed by atoms with van der Waals surface area (Å²) in [6.45, 7) is 1.26. The Kier molecular flexibility index (Phi) is 5.27. The minimum Gasteiger partial charge on any atom is -0.457 e. The van der Waals surface area contributed by atoms with Crippen molar-refractivity contribution >= 4 is 0 Å². The van der Waals surface area contributed by atoms with Gasteiger partial charge in [-0.25, -0.2) is 0 Å². The van der Waals surface area contributed by atoms with Crippen molar-refractivity contribution in [3.8, 4) is 22.6 Å². The predicted molar refractivity (Wildman–Crippen MR) is 91.1 cm³/mol. The Hall–Kier alpha value is -2.80. The third kappa shape index (κ3) is 4.43. The number of nitrogens with zero attached hydrogens (tertiary/aromatic N) is 2. The highest BCUT2D eigenvalue weighted by Crippen LogP contribution is 2.31. The van der Waals surface area contributed by atoms with Crippen LogP contribution in [0, 0.1) is 0 Å². The van der Waals surface area contributed by atoms with Crippen molar-refractivity contribution in [3.63, 3.8) is 0 Å². The lowest BCUT2D eigenvalue weighted by Crippen LogP contribution is -2.03. The third-order valence-corrected chi connectivity index (χ3v) is 3.76. The molecule has 0 saturated carbocycles. The fourth-order valence-corrected chi connectivity index (χ4v) is 2.38. The lowest BCUT2D eigenvalue weighted by molar-refractivity contribution is -0.137. The summed E-state index contributed by atoms with van der Waals surface area (Å²) in [5.74, 6) is 0.887. The highest BCUT2D eigenvalue weighted by molar-refractivity contribution is 5.62. The Labute approximate surface area is 148 Å². The molecule has 0 saturated heterocycles. The maximum absolute atomic E-state index is 12.6. The SMILES string of the molecule is COCCn1cc(-c2ccc(Oc3ccc(C(F)(F)F)cc3)cc2)cn1. The number of ether oxygens (including phenoxy) is 2. The van der Waals surface area contributed by atoms with Gasteiger partial charge >= 0.3 is 6.18 Å². The number of methoxy groups -OCH3 is 1. The van der Waals surface area contributed by atoms with Gasteiger partial charge in [0.15, 0.2) is 0 Å². The van der Waals surface area contributed by atoms with Gasteiger partial charge in [0.05, 0.1) is 24.9 Å². The molecule has 0 unspecified atom stereocenters. The molecule has 0 spiro atoms. The number of aromatic nitrogens is 2. The van der Waals surface area contributed by atoms with Crippen LogP contribution in [-0.4, -0.2) is 23.5 Å². The quantitative estimate of drug-likeness (QED) is 0.619. The van der Waals surface area contributed by atoms with Crippen molar-refractivity contribution in [1.29, 1.82) is 0 Å². The van der Waals surface area contributed by atoms with E-state index in [-0.39, 0.29) is 0 Å². The number of rotatable bonds is 6. The lowest BCUT2D eigenvalue weighted by Gasteiger charge is -2.09. The zero-order chi connectivity index (χ0) is 18.6. The molecular weight excluding hydrogens is 345 g/mol. The fraction of sp³-hybridized carbons (Fsp3) is 0.211. The second kappa shape index (κ2) is 7.61. The van der Waals surface area contributed by atoms with Crippen LogP contribution in [0.4, 0.5) is 13.2 Å². The largest absolute Gasteiger partial charge is 0.457 e. The van der Waals surface area contributed by atoms with Crippen molar-refractivity contribution in [2.45, 2.75) is 12.7 Å². The Bertz CT molecular complexity index is 840. The van der Waals surface area contributed by atoms with E-state index < -0.39 is 11.7 Å². The van der Waals surface area contributed by atoms with Crippen LogP contribution >= 0.6 is 0 Å². The van der Waals surface area contributed by atoms with Crippen LogP contribution in [0.3, 0.4) is 0 Å². The van der Waals surface area contributed by atoms with Crippen molar-refractivity contribution in [2.24, 2.45) is 0 Å². The van der Waals surface area contributed by atoms with Crippen LogP contribution in [0.5, 0.6) is 11.5 Å². The van der Waals surface area contributed by atoms with Gasteiger partial charge in [0.2, 0.25) is 0 Å². The molecule has 3 rings (SSSR count). The molecule has 0 radical (unpaired) electrons. The molecule has 3 aromatic rings. The molecule has 0 fully saturated rings. The summed E-state index contributed by atoms with van der Waals surface area (Å²) >= 11 is 0. The van der Waals surface area contributed by atoms with Gasteiger partial charge in [-0.2, -0.15) is 18.3 Å². The van der Waals surface area contributed by atoms with E-state index >= 15 is 0 Å². The van der Waals surface area contributed by atoms with Gasteiger partial charge in [0, 0.05) is 18.9 Å². The average Bonchev–Trinajstić information content (AvgIpc) is 3.09. The van der Waals surface area contributed by atoms with Gasteiger partial charge in [-0.1, -0.05) is 12.1 Å². The molecule has 136 valence electrons. The molecule has 0 N–H and O–H groups in total. The van der Waals surface area contributed by atoms with E-state index in [1.807, 2.05) is 18.3 Å². The van der Waals surface area contributed by atoms with E-state index in [0.29, 0.717) is 24.7 Å². The summed E-state index contributed by atoms with van der Waals surface area (Å²) in [4.78, 5) is 0. The molecule has 1 aromatic heterocycles. The van der Waals surface area contributed by atoms with E-state index in [4.69, 9.17) is 9.47 Å². The van der Waals surface area contributed by atoms with E-state index in [9.17, 15) is 13.2 Å². The van der Waals surface area contributed by atoms with Gasteiger partial charge in [0.1, 0.15) is 11.5 Å². The van der Waals surface area contributed by atoms with Crippen molar-refractivity contribution < 1.29 is 22.6 Å².